The Bertz CT molecular complexity index is 484. The van der Waals surface area contributed by atoms with Crippen LogP contribution in [0.1, 0.15) is 37.7 Å². The van der Waals surface area contributed by atoms with Gasteiger partial charge in [0.1, 0.15) is 5.75 Å². The number of thioether (sulfide) groups is 1. The van der Waals surface area contributed by atoms with Crippen LogP contribution in [-0.4, -0.2) is 44.2 Å². The minimum Gasteiger partial charge on any atom is -0.497 e. The van der Waals surface area contributed by atoms with Gasteiger partial charge in [-0.25, -0.2) is 0 Å². The van der Waals surface area contributed by atoms with Gasteiger partial charge in [0, 0.05) is 25.4 Å². The molecule has 1 aromatic carbocycles. The van der Waals surface area contributed by atoms with Crippen molar-refractivity contribution in [2.75, 3.05) is 32.2 Å². The van der Waals surface area contributed by atoms with Crippen LogP contribution in [0.15, 0.2) is 29.3 Å². The van der Waals surface area contributed by atoms with Gasteiger partial charge < -0.3 is 15.4 Å². The van der Waals surface area contributed by atoms with Gasteiger partial charge in [-0.15, -0.1) is 0 Å². The topological polar surface area (TPSA) is 45.7 Å². The van der Waals surface area contributed by atoms with Crippen LogP contribution in [0.2, 0.25) is 0 Å². The van der Waals surface area contributed by atoms with Gasteiger partial charge in [0.2, 0.25) is 0 Å². The molecule has 1 aromatic rings. The zero-order valence-corrected chi connectivity index (χ0v) is 15.3. The van der Waals surface area contributed by atoms with Crippen molar-refractivity contribution in [1.82, 2.24) is 10.6 Å². The number of methoxy groups -OCH3 is 1. The molecule has 2 N–H and O–H groups in total. The molecule has 0 amide bonds. The number of hydrogen-bond donors (Lipinski definition) is 2. The molecule has 1 aliphatic heterocycles. The van der Waals surface area contributed by atoms with E-state index in [1.165, 1.54) is 29.9 Å². The summed E-state index contributed by atoms with van der Waals surface area (Å²) in [5.74, 6) is 4.83. The predicted octanol–water partition coefficient (Wildman–Crippen LogP) is 3.25. The van der Waals surface area contributed by atoms with E-state index in [-0.39, 0.29) is 0 Å². The molecule has 1 aliphatic rings. The summed E-state index contributed by atoms with van der Waals surface area (Å²) >= 11 is 2.03. The highest BCUT2D eigenvalue weighted by molar-refractivity contribution is 7.99. The Labute approximate surface area is 144 Å². The number of aliphatic imine (C=N–C) groups is 1. The molecule has 0 bridgehead atoms. The summed E-state index contributed by atoms with van der Waals surface area (Å²) in [6.45, 7) is 3.18. The van der Waals surface area contributed by atoms with Gasteiger partial charge in [-0.05, 0) is 48.6 Å². The molecule has 5 heteroatoms. The maximum absolute atomic E-state index is 5.21. The molecule has 0 spiro atoms. The number of ether oxygens (including phenoxy) is 1. The lowest BCUT2D eigenvalue weighted by atomic mass is 9.98. The smallest absolute Gasteiger partial charge is 0.191 e. The molecule has 2 unspecified atom stereocenters. The summed E-state index contributed by atoms with van der Waals surface area (Å²) in [4.78, 5) is 4.34. The fourth-order valence-corrected chi connectivity index (χ4v) is 3.82. The van der Waals surface area contributed by atoms with Gasteiger partial charge in [0.05, 0.1) is 7.11 Å². The standard InChI is InChI=1S/C18H29N3OS/c1-14(15-6-8-17(22-3)9-7-15)10-11-20-18(19-2)21-16-5-4-12-23-13-16/h6-9,14,16H,4-5,10-13H2,1-3H3,(H2,19,20,21). The maximum Gasteiger partial charge on any atom is 0.191 e. The average Bonchev–Trinajstić information content (AvgIpc) is 2.61. The zero-order valence-electron chi connectivity index (χ0n) is 14.5. The van der Waals surface area contributed by atoms with Crippen LogP contribution < -0.4 is 15.4 Å². The summed E-state index contributed by atoms with van der Waals surface area (Å²) in [5.41, 5.74) is 1.35. The summed E-state index contributed by atoms with van der Waals surface area (Å²) in [6, 6.07) is 8.91. The van der Waals surface area contributed by atoms with Crippen LogP contribution >= 0.6 is 11.8 Å². The third-order valence-electron chi connectivity index (χ3n) is 4.28. The first kappa shape index (κ1) is 18.0. The Kier molecular flexibility index (Phi) is 7.59. The Morgan fingerprint density at radius 3 is 2.78 bits per heavy atom. The SMILES string of the molecule is CN=C(NCCC(C)c1ccc(OC)cc1)NC1CCCSC1. The van der Waals surface area contributed by atoms with E-state index >= 15 is 0 Å². The Morgan fingerprint density at radius 2 is 2.17 bits per heavy atom. The van der Waals surface area contributed by atoms with Crippen LogP contribution in [-0.2, 0) is 0 Å². The average molecular weight is 336 g/mol. The molecule has 1 saturated heterocycles. The molecular formula is C18H29N3OS. The van der Waals surface area contributed by atoms with E-state index in [0.29, 0.717) is 12.0 Å². The van der Waals surface area contributed by atoms with Crippen molar-refractivity contribution in [3.63, 3.8) is 0 Å². The molecule has 23 heavy (non-hydrogen) atoms. The molecule has 2 rings (SSSR count). The molecule has 0 radical (unpaired) electrons. The van der Waals surface area contributed by atoms with Crippen LogP contribution in [0.3, 0.4) is 0 Å². The van der Waals surface area contributed by atoms with Gasteiger partial charge in [-0.1, -0.05) is 19.1 Å². The monoisotopic (exact) mass is 335 g/mol. The minimum atomic E-state index is 0.511. The van der Waals surface area contributed by atoms with Gasteiger partial charge in [0.15, 0.2) is 5.96 Å². The van der Waals surface area contributed by atoms with Crippen molar-refractivity contribution < 1.29 is 4.74 Å². The summed E-state index contributed by atoms with van der Waals surface area (Å²) in [7, 11) is 3.55. The van der Waals surface area contributed by atoms with Crippen LogP contribution in [0.25, 0.3) is 0 Å². The molecular weight excluding hydrogens is 306 g/mol. The quantitative estimate of drug-likeness (QED) is 0.619. The van der Waals surface area contributed by atoms with Gasteiger partial charge in [0.25, 0.3) is 0 Å². The van der Waals surface area contributed by atoms with Gasteiger partial charge in [-0.2, -0.15) is 11.8 Å². The fraction of sp³-hybridized carbons (Fsp3) is 0.611. The minimum absolute atomic E-state index is 0.511. The predicted molar refractivity (Wildman–Crippen MR) is 101 cm³/mol. The molecule has 128 valence electrons. The Hall–Kier alpha value is -1.36. The fourth-order valence-electron chi connectivity index (χ4n) is 2.75. The van der Waals surface area contributed by atoms with Crippen molar-refractivity contribution in [2.45, 2.75) is 38.1 Å². The van der Waals surface area contributed by atoms with E-state index < -0.39 is 0 Å². The second-order valence-corrected chi connectivity index (χ2v) is 7.17. The lowest BCUT2D eigenvalue weighted by Gasteiger charge is -2.24. The van der Waals surface area contributed by atoms with E-state index in [9.17, 15) is 0 Å². The second kappa shape index (κ2) is 9.71. The number of guanidine groups is 1. The van der Waals surface area contributed by atoms with E-state index in [0.717, 1.165) is 24.7 Å². The van der Waals surface area contributed by atoms with Crippen LogP contribution in [0.4, 0.5) is 0 Å². The molecule has 0 aromatic heterocycles. The van der Waals surface area contributed by atoms with Crippen molar-refractivity contribution >= 4 is 17.7 Å². The molecule has 1 fully saturated rings. The van der Waals surface area contributed by atoms with E-state index in [2.05, 4.69) is 34.7 Å². The molecule has 0 saturated carbocycles. The third-order valence-corrected chi connectivity index (χ3v) is 5.49. The first-order chi connectivity index (χ1) is 11.2. The Morgan fingerprint density at radius 1 is 1.39 bits per heavy atom. The van der Waals surface area contributed by atoms with Crippen molar-refractivity contribution in [2.24, 2.45) is 4.99 Å². The number of benzene rings is 1. The highest BCUT2D eigenvalue weighted by Crippen LogP contribution is 2.21. The second-order valence-electron chi connectivity index (χ2n) is 6.02. The molecule has 2 atom stereocenters. The highest BCUT2D eigenvalue weighted by Gasteiger charge is 2.14. The first-order valence-corrected chi connectivity index (χ1v) is 9.57. The highest BCUT2D eigenvalue weighted by atomic mass is 32.2. The molecule has 4 nitrogen and oxygen atoms in total. The third kappa shape index (κ3) is 5.98. The molecule has 1 heterocycles. The largest absolute Gasteiger partial charge is 0.497 e. The van der Waals surface area contributed by atoms with E-state index in [1.54, 1.807) is 7.11 Å². The summed E-state index contributed by atoms with van der Waals surface area (Å²) < 4.78 is 5.21. The van der Waals surface area contributed by atoms with E-state index in [4.69, 9.17) is 4.74 Å². The van der Waals surface area contributed by atoms with Crippen molar-refractivity contribution in [3.8, 4) is 5.75 Å². The first-order valence-electron chi connectivity index (χ1n) is 8.41. The lowest BCUT2D eigenvalue weighted by Crippen LogP contribution is -2.45. The number of hydrogen-bond acceptors (Lipinski definition) is 3. The maximum atomic E-state index is 5.21. The number of nitrogens with zero attached hydrogens (tertiary/aromatic N) is 1. The van der Waals surface area contributed by atoms with Crippen LogP contribution in [0.5, 0.6) is 5.75 Å². The summed E-state index contributed by atoms with van der Waals surface area (Å²) in [6.07, 6.45) is 3.62. The zero-order chi connectivity index (χ0) is 16.5. The lowest BCUT2D eigenvalue weighted by molar-refractivity contribution is 0.414. The summed E-state index contributed by atoms with van der Waals surface area (Å²) in [5, 5.41) is 6.98. The van der Waals surface area contributed by atoms with Gasteiger partial charge in [-0.3, -0.25) is 4.99 Å². The normalized spacial score (nSPS) is 20.0. The van der Waals surface area contributed by atoms with Crippen LogP contribution in [0, 0.1) is 0 Å². The molecule has 0 aliphatic carbocycles. The van der Waals surface area contributed by atoms with E-state index in [1.807, 2.05) is 30.9 Å². The van der Waals surface area contributed by atoms with Gasteiger partial charge >= 0.3 is 0 Å². The number of rotatable bonds is 6. The van der Waals surface area contributed by atoms with Crippen molar-refractivity contribution in [1.29, 1.82) is 0 Å². The van der Waals surface area contributed by atoms with Crippen molar-refractivity contribution in [3.05, 3.63) is 29.8 Å². The number of nitrogens with one attached hydrogen (secondary N) is 2. The Balaban J connectivity index is 1.73.